The Hall–Kier alpha value is -1.66. The van der Waals surface area contributed by atoms with Crippen molar-refractivity contribution in [3.05, 3.63) is 39.4 Å². The molecular weight excluding hydrogens is 332 g/mol. The first-order valence-corrected chi connectivity index (χ1v) is 8.59. The molecule has 0 unspecified atom stereocenters. The first-order valence-electron chi connectivity index (χ1n) is 7.80. The Labute approximate surface area is 145 Å². The predicted octanol–water partition coefficient (Wildman–Crippen LogP) is 2.83. The summed E-state index contributed by atoms with van der Waals surface area (Å²) in [7, 11) is 0. The van der Waals surface area contributed by atoms with Crippen molar-refractivity contribution < 1.29 is 0 Å². The van der Waals surface area contributed by atoms with Crippen molar-refractivity contribution >= 4 is 39.8 Å². The largest absolute Gasteiger partial charge is 0.360 e. The lowest BCUT2D eigenvalue weighted by Crippen LogP contribution is -2.41. The Morgan fingerprint density at radius 2 is 2.30 bits per heavy atom. The Morgan fingerprint density at radius 1 is 1.52 bits per heavy atom. The van der Waals surface area contributed by atoms with Crippen molar-refractivity contribution in [1.29, 1.82) is 0 Å². The fourth-order valence-corrected chi connectivity index (χ4v) is 2.92. The number of H-pyrrole nitrogens is 1. The van der Waals surface area contributed by atoms with Crippen molar-refractivity contribution in [2.24, 2.45) is 0 Å². The summed E-state index contributed by atoms with van der Waals surface area (Å²) >= 11 is 11.5. The van der Waals surface area contributed by atoms with Crippen LogP contribution in [0.5, 0.6) is 0 Å². The zero-order chi connectivity index (χ0) is 16.4. The molecule has 0 amide bonds. The summed E-state index contributed by atoms with van der Waals surface area (Å²) in [5, 5.41) is 5.17. The van der Waals surface area contributed by atoms with Crippen molar-refractivity contribution in [3.8, 4) is 0 Å². The SMILES string of the molecule is CCCN(Cc1nc2cc(Cl)ccc2c(=O)[nH]1)C(=S)NC1CC1. The van der Waals surface area contributed by atoms with Crippen LogP contribution in [0, 0.1) is 0 Å². The second-order valence-electron chi connectivity index (χ2n) is 5.82. The molecule has 0 radical (unpaired) electrons. The number of fused-ring (bicyclic) bond motifs is 1. The van der Waals surface area contributed by atoms with Gasteiger partial charge in [0.05, 0.1) is 17.4 Å². The lowest BCUT2D eigenvalue weighted by molar-refractivity contribution is 0.394. The van der Waals surface area contributed by atoms with E-state index in [-0.39, 0.29) is 5.56 Å². The number of aromatic nitrogens is 2. The van der Waals surface area contributed by atoms with Crippen molar-refractivity contribution in [3.63, 3.8) is 0 Å². The van der Waals surface area contributed by atoms with Crippen LogP contribution < -0.4 is 10.9 Å². The van der Waals surface area contributed by atoms with Gasteiger partial charge in [-0.3, -0.25) is 4.79 Å². The van der Waals surface area contributed by atoms with Gasteiger partial charge in [0.2, 0.25) is 0 Å². The van der Waals surface area contributed by atoms with Gasteiger partial charge in [0.1, 0.15) is 5.82 Å². The molecule has 1 aliphatic rings. The third kappa shape index (κ3) is 4.00. The molecule has 3 rings (SSSR count). The fourth-order valence-electron chi connectivity index (χ4n) is 2.43. The fraction of sp³-hybridized carbons (Fsp3) is 0.438. The summed E-state index contributed by atoms with van der Waals surface area (Å²) in [4.78, 5) is 21.6. The van der Waals surface area contributed by atoms with Gasteiger partial charge >= 0.3 is 0 Å². The van der Waals surface area contributed by atoms with Gasteiger partial charge in [-0.2, -0.15) is 0 Å². The summed E-state index contributed by atoms with van der Waals surface area (Å²) < 4.78 is 0. The highest BCUT2D eigenvalue weighted by Crippen LogP contribution is 2.19. The number of halogens is 1. The highest BCUT2D eigenvalue weighted by atomic mass is 35.5. The summed E-state index contributed by atoms with van der Waals surface area (Å²) in [5.74, 6) is 0.596. The maximum atomic E-state index is 12.2. The number of thiocarbonyl (C=S) groups is 1. The number of rotatable bonds is 5. The minimum absolute atomic E-state index is 0.154. The molecule has 1 heterocycles. The third-order valence-corrected chi connectivity index (χ3v) is 4.36. The van der Waals surface area contributed by atoms with E-state index in [1.807, 2.05) is 4.90 Å². The van der Waals surface area contributed by atoms with E-state index in [1.54, 1.807) is 18.2 Å². The van der Waals surface area contributed by atoms with Crippen LogP contribution in [0.15, 0.2) is 23.0 Å². The highest BCUT2D eigenvalue weighted by Gasteiger charge is 2.24. The summed E-state index contributed by atoms with van der Waals surface area (Å²) in [6.45, 7) is 3.39. The average molecular weight is 351 g/mol. The number of hydrogen-bond donors (Lipinski definition) is 2. The Kier molecular flexibility index (Phi) is 4.82. The summed E-state index contributed by atoms with van der Waals surface area (Å²) in [6, 6.07) is 5.60. The normalized spacial score (nSPS) is 14.0. The van der Waals surface area contributed by atoms with Crippen molar-refractivity contribution in [2.75, 3.05) is 6.54 Å². The van der Waals surface area contributed by atoms with Crippen LogP contribution in [0.4, 0.5) is 0 Å². The molecule has 0 aliphatic heterocycles. The maximum Gasteiger partial charge on any atom is 0.258 e. The lowest BCUT2D eigenvalue weighted by atomic mass is 10.2. The van der Waals surface area contributed by atoms with Crippen LogP contribution in [0.2, 0.25) is 5.02 Å². The number of nitrogens with one attached hydrogen (secondary N) is 2. The molecule has 1 aromatic heterocycles. The van der Waals surface area contributed by atoms with Gasteiger partial charge in [-0.15, -0.1) is 0 Å². The molecule has 1 aliphatic carbocycles. The average Bonchev–Trinajstić information content (AvgIpc) is 3.30. The minimum atomic E-state index is -0.154. The standard InChI is InChI=1S/C16H19ClN4OS/c1-2-7-21(16(23)18-11-4-5-11)9-14-19-13-8-10(17)3-6-12(13)15(22)20-14/h3,6,8,11H,2,4-5,7,9H2,1H3,(H,18,23)(H,19,20,22). The van der Waals surface area contributed by atoms with Gasteiger partial charge in [-0.05, 0) is 49.7 Å². The van der Waals surface area contributed by atoms with Gasteiger partial charge in [0.15, 0.2) is 5.11 Å². The monoisotopic (exact) mass is 350 g/mol. The van der Waals surface area contributed by atoms with E-state index in [0.717, 1.165) is 18.1 Å². The molecule has 23 heavy (non-hydrogen) atoms. The Morgan fingerprint density at radius 3 is 3.00 bits per heavy atom. The molecule has 2 N–H and O–H groups in total. The topological polar surface area (TPSA) is 61.0 Å². The third-order valence-electron chi connectivity index (χ3n) is 3.74. The highest BCUT2D eigenvalue weighted by molar-refractivity contribution is 7.80. The number of aromatic amines is 1. The molecule has 1 aromatic carbocycles. The molecule has 0 atom stereocenters. The second kappa shape index (κ2) is 6.84. The zero-order valence-corrected chi connectivity index (χ0v) is 14.5. The van der Waals surface area contributed by atoms with E-state index in [2.05, 4.69) is 22.2 Å². The number of hydrogen-bond acceptors (Lipinski definition) is 3. The molecule has 2 aromatic rings. The second-order valence-corrected chi connectivity index (χ2v) is 6.64. The van der Waals surface area contributed by atoms with Gasteiger partial charge < -0.3 is 15.2 Å². The molecular formula is C16H19ClN4OS. The van der Waals surface area contributed by atoms with Gasteiger partial charge in [0.25, 0.3) is 5.56 Å². The molecule has 1 fully saturated rings. The molecule has 0 spiro atoms. The van der Waals surface area contributed by atoms with Gasteiger partial charge in [-0.1, -0.05) is 18.5 Å². The number of benzene rings is 1. The van der Waals surface area contributed by atoms with Gasteiger partial charge in [0, 0.05) is 17.6 Å². The zero-order valence-electron chi connectivity index (χ0n) is 12.9. The predicted molar refractivity (Wildman–Crippen MR) is 96.8 cm³/mol. The first kappa shape index (κ1) is 16.2. The first-order chi connectivity index (χ1) is 11.1. The quantitative estimate of drug-likeness (QED) is 0.812. The van der Waals surface area contributed by atoms with Crippen LogP contribution in [0.3, 0.4) is 0 Å². The molecule has 7 heteroatoms. The van der Waals surface area contributed by atoms with Crippen LogP contribution in [0.1, 0.15) is 32.0 Å². The van der Waals surface area contributed by atoms with Crippen molar-refractivity contribution in [1.82, 2.24) is 20.2 Å². The Balaban J connectivity index is 1.85. The van der Waals surface area contributed by atoms with Gasteiger partial charge in [-0.25, -0.2) is 4.98 Å². The van der Waals surface area contributed by atoms with Crippen molar-refractivity contribution in [2.45, 2.75) is 38.8 Å². The van der Waals surface area contributed by atoms with Crippen LogP contribution in [0.25, 0.3) is 10.9 Å². The molecule has 0 bridgehead atoms. The van der Waals surface area contributed by atoms with E-state index in [0.29, 0.717) is 34.3 Å². The van der Waals surface area contributed by atoms with E-state index in [4.69, 9.17) is 23.8 Å². The molecule has 5 nitrogen and oxygen atoms in total. The van der Waals surface area contributed by atoms with Crippen LogP contribution in [-0.2, 0) is 6.54 Å². The Bertz CT molecular complexity index is 787. The van der Waals surface area contributed by atoms with Crippen LogP contribution >= 0.6 is 23.8 Å². The summed E-state index contributed by atoms with van der Waals surface area (Å²) in [5.41, 5.74) is 0.452. The van der Waals surface area contributed by atoms with Crippen LogP contribution in [-0.4, -0.2) is 32.6 Å². The van der Waals surface area contributed by atoms with E-state index in [9.17, 15) is 4.79 Å². The van der Waals surface area contributed by atoms with E-state index < -0.39 is 0 Å². The van der Waals surface area contributed by atoms with E-state index >= 15 is 0 Å². The number of nitrogens with zero attached hydrogens (tertiary/aromatic N) is 2. The minimum Gasteiger partial charge on any atom is -0.360 e. The lowest BCUT2D eigenvalue weighted by Gasteiger charge is -2.25. The van der Waals surface area contributed by atoms with E-state index in [1.165, 1.54) is 12.8 Å². The molecule has 0 saturated heterocycles. The molecule has 122 valence electrons. The smallest absolute Gasteiger partial charge is 0.258 e. The molecule has 1 saturated carbocycles. The maximum absolute atomic E-state index is 12.2. The summed E-state index contributed by atoms with van der Waals surface area (Å²) in [6.07, 6.45) is 3.31.